The fraction of sp³-hybridized carbons (Fsp3) is 0.571. The quantitative estimate of drug-likeness (QED) is 0.865. The van der Waals surface area contributed by atoms with Gasteiger partial charge in [0.25, 0.3) is 5.56 Å². The first-order valence-corrected chi connectivity index (χ1v) is 9.53. The fourth-order valence-electron chi connectivity index (χ4n) is 2.91. The van der Waals surface area contributed by atoms with Gasteiger partial charge < -0.3 is 4.98 Å². The van der Waals surface area contributed by atoms with Gasteiger partial charge in [0, 0.05) is 10.9 Å². The van der Waals surface area contributed by atoms with Crippen molar-refractivity contribution < 1.29 is 0 Å². The van der Waals surface area contributed by atoms with E-state index in [-0.39, 0.29) is 11.6 Å². The molecule has 0 radical (unpaired) electrons. The van der Waals surface area contributed by atoms with Crippen molar-refractivity contribution >= 4 is 45.5 Å². The molecular formula is C14H18N2OS3. The number of fused-ring (bicyclic) bond motifs is 3. The molecule has 1 aliphatic rings. The van der Waals surface area contributed by atoms with Crippen LogP contribution in [0, 0.1) is 4.77 Å². The van der Waals surface area contributed by atoms with Crippen LogP contribution in [0.1, 0.15) is 36.2 Å². The van der Waals surface area contributed by atoms with Crippen molar-refractivity contribution in [1.29, 1.82) is 0 Å². The van der Waals surface area contributed by atoms with Crippen LogP contribution >= 0.6 is 35.3 Å². The Morgan fingerprint density at radius 2 is 2.30 bits per heavy atom. The van der Waals surface area contributed by atoms with Gasteiger partial charge in [-0.05, 0) is 62.4 Å². The molecule has 1 atom stereocenters. The number of H-pyrrole nitrogens is 1. The monoisotopic (exact) mass is 326 g/mol. The first-order valence-electron chi connectivity index (χ1n) is 6.91. The third kappa shape index (κ3) is 2.27. The highest BCUT2D eigenvalue weighted by molar-refractivity contribution is 7.98. The summed E-state index contributed by atoms with van der Waals surface area (Å²) in [6, 6.07) is 0.153. The summed E-state index contributed by atoms with van der Waals surface area (Å²) in [4.78, 5) is 18.5. The molecule has 2 aromatic rings. The third-order valence-electron chi connectivity index (χ3n) is 3.97. The average molecular weight is 327 g/mol. The highest BCUT2D eigenvalue weighted by Gasteiger charge is 2.22. The van der Waals surface area contributed by atoms with Gasteiger partial charge in [-0.15, -0.1) is 11.3 Å². The topological polar surface area (TPSA) is 37.8 Å². The summed E-state index contributed by atoms with van der Waals surface area (Å²) in [5, 5.41) is 0.895. The van der Waals surface area contributed by atoms with Gasteiger partial charge >= 0.3 is 0 Å². The summed E-state index contributed by atoms with van der Waals surface area (Å²) >= 11 is 8.93. The lowest BCUT2D eigenvalue weighted by Crippen LogP contribution is -2.25. The number of aryl methyl sites for hydroxylation is 2. The van der Waals surface area contributed by atoms with Gasteiger partial charge in [-0.2, -0.15) is 11.8 Å². The lowest BCUT2D eigenvalue weighted by atomic mass is 10.2. The van der Waals surface area contributed by atoms with Crippen molar-refractivity contribution in [2.45, 2.75) is 38.6 Å². The van der Waals surface area contributed by atoms with E-state index in [0.717, 1.165) is 35.2 Å². The molecular weight excluding hydrogens is 308 g/mol. The molecule has 0 saturated heterocycles. The van der Waals surface area contributed by atoms with Crippen molar-refractivity contribution in [1.82, 2.24) is 9.55 Å². The van der Waals surface area contributed by atoms with Crippen LogP contribution in [0.3, 0.4) is 0 Å². The second-order valence-corrected chi connectivity index (χ2v) is 7.77. The molecule has 108 valence electrons. The van der Waals surface area contributed by atoms with Crippen molar-refractivity contribution in [2.75, 3.05) is 12.0 Å². The normalized spacial score (nSPS) is 15.7. The minimum atomic E-state index is 0.108. The van der Waals surface area contributed by atoms with Crippen LogP contribution in [-0.2, 0) is 12.8 Å². The van der Waals surface area contributed by atoms with E-state index >= 15 is 0 Å². The molecule has 0 bridgehead atoms. The zero-order chi connectivity index (χ0) is 14.3. The average Bonchev–Trinajstić information content (AvgIpc) is 2.95. The van der Waals surface area contributed by atoms with Gasteiger partial charge in [0.2, 0.25) is 0 Å². The Labute approximate surface area is 131 Å². The van der Waals surface area contributed by atoms with Crippen molar-refractivity contribution in [3.05, 3.63) is 25.6 Å². The number of hydrogen-bond acceptors (Lipinski definition) is 4. The van der Waals surface area contributed by atoms with Crippen LogP contribution in [0.25, 0.3) is 10.2 Å². The summed E-state index contributed by atoms with van der Waals surface area (Å²) in [5.41, 5.74) is 1.38. The number of aromatic amines is 1. The van der Waals surface area contributed by atoms with Crippen LogP contribution in [0.2, 0.25) is 0 Å². The highest BCUT2D eigenvalue weighted by atomic mass is 32.2. The molecule has 3 rings (SSSR count). The second kappa shape index (κ2) is 5.66. The summed E-state index contributed by atoms with van der Waals surface area (Å²) in [6.07, 6.45) is 6.38. The van der Waals surface area contributed by atoms with Crippen LogP contribution in [-0.4, -0.2) is 21.6 Å². The number of thiophene rings is 1. The molecule has 0 aromatic carbocycles. The van der Waals surface area contributed by atoms with Crippen LogP contribution in [0.5, 0.6) is 0 Å². The van der Waals surface area contributed by atoms with Gasteiger partial charge in [0.05, 0.1) is 5.39 Å². The van der Waals surface area contributed by atoms with Gasteiger partial charge in [-0.25, -0.2) is 0 Å². The van der Waals surface area contributed by atoms with E-state index in [4.69, 9.17) is 12.2 Å². The van der Waals surface area contributed by atoms with Gasteiger partial charge in [0.15, 0.2) is 4.77 Å². The smallest absolute Gasteiger partial charge is 0.263 e. The maximum atomic E-state index is 12.9. The minimum Gasteiger partial charge on any atom is -0.323 e. The summed E-state index contributed by atoms with van der Waals surface area (Å²) < 4.78 is 2.34. The number of nitrogens with zero attached hydrogens (tertiary/aromatic N) is 1. The molecule has 6 heteroatoms. The van der Waals surface area contributed by atoms with E-state index in [2.05, 4.69) is 18.2 Å². The van der Waals surface area contributed by atoms with Crippen molar-refractivity contribution in [3.63, 3.8) is 0 Å². The molecule has 0 spiro atoms. The lowest BCUT2D eigenvalue weighted by molar-refractivity contribution is 0.508. The molecule has 1 unspecified atom stereocenters. The van der Waals surface area contributed by atoms with Crippen molar-refractivity contribution in [2.24, 2.45) is 0 Å². The van der Waals surface area contributed by atoms with E-state index in [0.29, 0.717) is 4.77 Å². The van der Waals surface area contributed by atoms with Crippen LogP contribution in [0.15, 0.2) is 4.79 Å². The Balaban J connectivity index is 2.18. The first-order chi connectivity index (χ1) is 9.63. The molecule has 0 aliphatic heterocycles. The van der Waals surface area contributed by atoms with Gasteiger partial charge in [0.1, 0.15) is 4.83 Å². The zero-order valence-corrected chi connectivity index (χ0v) is 14.1. The van der Waals surface area contributed by atoms with Crippen molar-refractivity contribution in [3.8, 4) is 0 Å². The van der Waals surface area contributed by atoms with E-state index in [1.807, 2.05) is 0 Å². The number of thioether (sulfide) groups is 1. The van der Waals surface area contributed by atoms with Crippen LogP contribution in [0.4, 0.5) is 0 Å². The van der Waals surface area contributed by atoms with E-state index in [1.54, 1.807) is 27.7 Å². The Hall–Kier alpha value is -0.590. The zero-order valence-electron chi connectivity index (χ0n) is 11.7. The predicted molar refractivity (Wildman–Crippen MR) is 91.0 cm³/mol. The molecule has 1 aliphatic carbocycles. The summed E-state index contributed by atoms with van der Waals surface area (Å²) in [5.74, 6) is 1.04. The number of nitrogens with one attached hydrogen (secondary N) is 1. The molecule has 0 saturated carbocycles. The van der Waals surface area contributed by atoms with E-state index in [1.165, 1.54) is 16.9 Å². The Bertz CT molecular complexity index is 756. The Morgan fingerprint density at radius 1 is 1.50 bits per heavy atom. The molecule has 2 aromatic heterocycles. The first kappa shape index (κ1) is 14.4. The van der Waals surface area contributed by atoms with E-state index in [9.17, 15) is 4.79 Å². The third-order valence-corrected chi connectivity index (χ3v) is 6.12. The van der Waals surface area contributed by atoms with Crippen LogP contribution < -0.4 is 5.56 Å². The van der Waals surface area contributed by atoms with Gasteiger partial charge in [-0.3, -0.25) is 9.36 Å². The molecule has 0 amide bonds. The highest BCUT2D eigenvalue weighted by Crippen LogP contribution is 2.34. The summed E-state index contributed by atoms with van der Waals surface area (Å²) in [7, 11) is 0. The SMILES string of the molecule is CSCCC(C)n1c(=S)[nH]c2sc3c(c2c1=O)CCC3. The molecule has 0 fully saturated rings. The molecule has 20 heavy (non-hydrogen) atoms. The number of hydrogen-bond donors (Lipinski definition) is 1. The molecule has 2 heterocycles. The second-order valence-electron chi connectivity index (χ2n) is 5.30. The lowest BCUT2D eigenvalue weighted by Gasteiger charge is -2.15. The fourth-order valence-corrected chi connectivity index (χ4v) is 5.19. The minimum absolute atomic E-state index is 0.108. The van der Waals surface area contributed by atoms with Gasteiger partial charge in [-0.1, -0.05) is 0 Å². The largest absolute Gasteiger partial charge is 0.323 e. The standard InChI is InChI=1S/C14H18N2OS3/c1-8(6-7-19-2)16-13(17)11-9-4-3-5-10(9)20-12(11)15-14(16)18/h8H,3-7H2,1-2H3,(H,15,18). The predicted octanol–water partition coefficient (Wildman–Crippen LogP) is 3.92. The maximum absolute atomic E-state index is 12.9. The maximum Gasteiger partial charge on any atom is 0.263 e. The Morgan fingerprint density at radius 3 is 3.05 bits per heavy atom. The summed E-state index contributed by atoms with van der Waals surface area (Å²) in [6.45, 7) is 2.08. The molecule has 3 nitrogen and oxygen atoms in total. The van der Waals surface area contributed by atoms with E-state index < -0.39 is 0 Å². The number of rotatable bonds is 4. The number of aromatic nitrogens is 2. The Kier molecular flexibility index (Phi) is 4.06. The molecule has 1 N–H and O–H groups in total.